The normalized spacial score (nSPS) is 18.3. The fraction of sp³-hybridized carbons (Fsp3) is 0.565. The van der Waals surface area contributed by atoms with E-state index in [2.05, 4.69) is 10.6 Å². The molecule has 2 aromatic rings. The monoisotopic (exact) mass is 447 g/mol. The van der Waals surface area contributed by atoms with Gasteiger partial charge in [-0.25, -0.2) is 9.18 Å². The Morgan fingerprint density at radius 1 is 1.10 bits per heavy atom. The number of hydrogen-bond donors (Lipinski definition) is 2. The number of ether oxygens (including phenoxy) is 1. The minimum absolute atomic E-state index is 0.00307. The van der Waals surface area contributed by atoms with Crippen LogP contribution in [0.15, 0.2) is 18.2 Å². The SMILES string of the molecule is COCc1c(C(=O)NC2CCN(C(=O)NC3CCCCC3)CC2)sc2cccc(F)c12. The largest absolute Gasteiger partial charge is 0.380 e. The first-order chi connectivity index (χ1) is 15.1. The summed E-state index contributed by atoms with van der Waals surface area (Å²) in [6.07, 6.45) is 7.19. The van der Waals surface area contributed by atoms with Gasteiger partial charge < -0.3 is 20.3 Å². The summed E-state index contributed by atoms with van der Waals surface area (Å²) in [6.45, 7) is 1.43. The first-order valence-electron chi connectivity index (χ1n) is 11.1. The topological polar surface area (TPSA) is 70.7 Å². The smallest absolute Gasteiger partial charge is 0.317 e. The maximum atomic E-state index is 14.4. The third-order valence-corrected chi connectivity index (χ3v) is 7.50. The number of benzene rings is 1. The van der Waals surface area contributed by atoms with Crippen LogP contribution < -0.4 is 10.6 Å². The Labute approximate surface area is 186 Å². The number of piperidine rings is 1. The van der Waals surface area contributed by atoms with Crippen LogP contribution in [-0.4, -0.2) is 49.1 Å². The van der Waals surface area contributed by atoms with Gasteiger partial charge in [0.1, 0.15) is 5.82 Å². The highest BCUT2D eigenvalue weighted by molar-refractivity contribution is 7.21. The molecule has 0 bridgehead atoms. The molecule has 1 aromatic heterocycles. The molecule has 2 N–H and O–H groups in total. The lowest BCUT2D eigenvalue weighted by Crippen LogP contribution is -2.51. The number of hydrogen-bond acceptors (Lipinski definition) is 4. The van der Waals surface area contributed by atoms with E-state index in [-0.39, 0.29) is 30.4 Å². The van der Waals surface area contributed by atoms with Gasteiger partial charge in [0.15, 0.2) is 0 Å². The van der Waals surface area contributed by atoms with Gasteiger partial charge in [-0.2, -0.15) is 0 Å². The molecule has 0 radical (unpaired) electrons. The van der Waals surface area contributed by atoms with Crippen molar-refractivity contribution < 1.29 is 18.7 Å². The fourth-order valence-electron chi connectivity index (χ4n) is 4.62. The summed E-state index contributed by atoms with van der Waals surface area (Å²) in [5, 5.41) is 6.72. The van der Waals surface area contributed by atoms with Gasteiger partial charge in [0.25, 0.3) is 5.91 Å². The maximum Gasteiger partial charge on any atom is 0.317 e. The molecule has 2 aliphatic rings. The number of fused-ring (bicyclic) bond motifs is 1. The van der Waals surface area contributed by atoms with Crippen LogP contribution in [0.2, 0.25) is 0 Å². The number of halogens is 1. The van der Waals surface area contributed by atoms with Crippen LogP contribution >= 0.6 is 11.3 Å². The summed E-state index contributed by atoms with van der Waals surface area (Å²) < 4.78 is 20.4. The highest BCUT2D eigenvalue weighted by Gasteiger charge is 2.27. The maximum absolute atomic E-state index is 14.4. The molecule has 1 saturated heterocycles. The second kappa shape index (κ2) is 9.96. The van der Waals surface area contributed by atoms with Crippen LogP contribution in [0, 0.1) is 5.82 Å². The number of nitrogens with one attached hydrogen (secondary N) is 2. The molecular weight excluding hydrogens is 417 g/mol. The summed E-state index contributed by atoms with van der Waals surface area (Å²) in [6, 6.07) is 5.19. The number of rotatable bonds is 5. The molecule has 2 heterocycles. The van der Waals surface area contributed by atoms with E-state index >= 15 is 0 Å². The quantitative estimate of drug-likeness (QED) is 0.713. The molecule has 1 aliphatic carbocycles. The molecule has 0 spiro atoms. The van der Waals surface area contributed by atoms with Gasteiger partial charge in [-0.15, -0.1) is 11.3 Å². The average molecular weight is 448 g/mol. The molecule has 1 saturated carbocycles. The first kappa shape index (κ1) is 22.0. The van der Waals surface area contributed by atoms with Crippen molar-refractivity contribution in [2.45, 2.75) is 63.6 Å². The standard InChI is InChI=1S/C23H30FN3O3S/c1-30-14-17-20-18(24)8-5-9-19(20)31-21(17)22(28)25-16-10-12-27(13-11-16)23(29)26-15-6-3-2-4-7-15/h5,8-9,15-16H,2-4,6-7,10-14H2,1H3,(H,25,28)(H,26,29). The van der Waals surface area contributed by atoms with Crippen LogP contribution in [0.25, 0.3) is 10.1 Å². The summed E-state index contributed by atoms with van der Waals surface area (Å²) in [4.78, 5) is 27.9. The van der Waals surface area contributed by atoms with Gasteiger partial charge in [0, 0.05) is 47.9 Å². The summed E-state index contributed by atoms with van der Waals surface area (Å²) in [5.41, 5.74) is 0.599. The van der Waals surface area contributed by atoms with Gasteiger partial charge in [0.05, 0.1) is 11.5 Å². The van der Waals surface area contributed by atoms with Crippen LogP contribution in [-0.2, 0) is 11.3 Å². The summed E-state index contributed by atoms with van der Waals surface area (Å²) >= 11 is 1.29. The van der Waals surface area contributed by atoms with Crippen molar-refractivity contribution in [3.63, 3.8) is 0 Å². The number of carbonyl (C=O) groups is 2. The van der Waals surface area contributed by atoms with E-state index in [1.165, 1.54) is 36.7 Å². The highest BCUT2D eigenvalue weighted by atomic mass is 32.1. The minimum Gasteiger partial charge on any atom is -0.380 e. The molecule has 168 valence electrons. The Morgan fingerprint density at radius 3 is 2.52 bits per heavy atom. The van der Waals surface area contributed by atoms with Crippen LogP contribution in [0.1, 0.15) is 60.2 Å². The van der Waals surface area contributed by atoms with Gasteiger partial charge in [0.2, 0.25) is 0 Å². The predicted octanol–water partition coefficient (Wildman–Crippen LogP) is 4.42. The zero-order valence-electron chi connectivity index (χ0n) is 17.9. The number of nitrogens with zero attached hydrogens (tertiary/aromatic N) is 1. The highest BCUT2D eigenvalue weighted by Crippen LogP contribution is 2.34. The third kappa shape index (κ3) is 5.01. The average Bonchev–Trinajstić information content (AvgIpc) is 3.15. The van der Waals surface area contributed by atoms with Crippen molar-refractivity contribution in [1.29, 1.82) is 0 Å². The van der Waals surface area contributed by atoms with Crippen LogP contribution in [0.5, 0.6) is 0 Å². The lowest BCUT2D eigenvalue weighted by molar-refractivity contribution is 0.0917. The van der Waals surface area contributed by atoms with E-state index in [1.54, 1.807) is 13.2 Å². The predicted molar refractivity (Wildman–Crippen MR) is 120 cm³/mol. The number of urea groups is 1. The van der Waals surface area contributed by atoms with E-state index in [0.717, 1.165) is 17.5 Å². The molecule has 1 aromatic carbocycles. The van der Waals surface area contributed by atoms with Crippen molar-refractivity contribution in [3.8, 4) is 0 Å². The Kier molecular flexibility index (Phi) is 7.07. The molecule has 6 nitrogen and oxygen atoms in total. The Bertz CT molecular complexity index is 934. The second-order valence-electron chi connectivity index (χ2n) is 8.47. The zero-order chi connectivity index (χ0) is 21.8. The molecule has 3 amide bonds. The van der Waals surface area contributed by atoms with E-state index in [9.17, 15) is 14.0 Å². The third-order valence-electron chi connectivity index (χ3n) is 6.31. The lowest BCUT2D eigenvalue weighted by Gasteiger charge is -2.34. The Morgan fingerprint density at radius 2 is 1.81 bits per heavy atom. The van der Waals surface area contributed by atoms with Crippen LogP contribution in [0.4, 0.5) is 9.18 Å². The fourth-order valence-corrected chi connectivity index (χ4v) is 5.75. The Balaban J connectivity index is 1.35. The second-order valence-corrected chi connectivity index (χ2v) is 9.53. The Hall–Kier alpha value is -2.19. The number of amides is 3. The van der Waals surface area contributed by atoms with Crippen molar-refractivity contribution in [2.24, 2.45) is 0 Å². The molecule has 0 atom stereocenters. The van der Waals surface area contributed by atoms with E-state index < -0.39 is 0 Å². The first-order valence-corrected chi connectivity index (χ1v) is 11.9. The molecule has 2 fully saturated rings. The molecule has 4 rings (SSSR count). The van der Waals surface area contributed by atoms with Crippen molar-refractivity contribution in [3.05, 3.63) is 34.5 Å². The van der Waals surface area contributed by atoms with Crippen molar-refractivity contribution in [2.75, 3.05) is 20.2 Å². The van der Waals surface area contributed by atoms with E-state index in [1.807, 2.05) is 11.0 Å². The van der Waals surface area contributed by atoms with Gasteiger partial charge in [-0.1, -0.05) is 25.3 Å². The number of methoxy groups -OCH3 is 1. The van der Waals surface area contributed by atoms with E-state index in [4.69, 9.17) is 4.74 Å². The van der Waals surface area contributed by atoms with Crippen molar-refractivity contribution in [1.82, 2.24) is 15.5 Å². The minimum atomic E-state index is -0.336. The molecular formula is C23H30FN3O3S. The van der Waals surface area contributed by atoms with Gasteiger partial charge in [-0.05, 0) is 37.8 Å². The molecule has 31 heavy (non-hydrogen) atoms. The van der Waals surface area contributed by atoms with Gasteiger partial charge >= 0.3 is 6.03 Å². The number of carbonyl (C=O) groups excluding carboxylic acids is 2. The van der Waals surface area contributed by atoms with Gasteiger partial charge in [-0.3, -0.25) is 4.79 Å². The summed E-state index contributed by atoms with van der Waals surface area (Å²) in [5.74, 6) is -0.533. The van der Waals surface area contributed by atoms with Crippen molar-refractivity contribution >= 4 is 33.4 Å². The summed E-state index contributed by atoms with van der Waals surface area (Å²) in [7, 11) is 1.54. The number of likely N-dealkylation sites (tertiary alicyclic amines) is 1. The number of thiophene rings is 1. The van der Waals surface area contributed by atoms with Crippen LogP contribution in [0.3, 0.4) is 0 Å². The molecule has 8 heteroatoms. The van der Waals surface area contributed by atoms with E-state index in [0.29, 0.717) is 47.8 Å². The zero-order valence-corrected chi connectivity index (χ0v) is 18.7. The molecule has 1 aliphatic heterocycles. The molecule has 0 unspecified atom stereocenters. The lowest BCUT2D eigenvalue weighted by atomic mass is 9.95.